The zero-order valence-electron chi connectivity index (χ0n) is 10.9. The summed E-state index contributed by atoms with van der Waals surface area (Å²) < 4.78 is 25.5. The van der Waals surface area contributed by atoms with Gasteiger partial charge in [-0.25, -0.2) is 8.42 Å². The summed E-state index contributed by atoms with van der Waals surface area (Å²) in [6, 6.07) is 8.57. The zero-order valence-corrected chi connectivity index (χ0v) is 11.8. The molecule has 1 atom stereocenters. The van der Waals surface area contributed by atoms with Gasteiger partial charge in [0.05, 0.1) is 21.5 Å². The topological polar surface area (TPSA) is 37.4 Å². The molecular weight excluding hydrogens is 270 g/mol. The van der Waals surface area contributed by atoms with E-state index in [-0.39, 0.29) is 6.04 Å². The lowest BCUT2D eigenvalue weighted by molar-refractivity contribution is 0.438. The summed E-state index contributed by atoms with van der Waals surface area (Å²) in [5.41, 5.74) is 0.751. The minimum atomic E-state index is -3.45. The number of sulfone groups is 1. The van der Waals surface area contributed by atoms with Crippen LogP contribution in [0.1, 0.15) is 6.42 Å². The van der Waals surface area contributed by atoms with Crippen molar-refractivity contribution in [3.05, 3.63) is 78.0 Å². The van der Waals surface area contributed by atoms with Gasteiger partial charge in [-0.2, -0.15) is 0 Å². The Hall–Kier alpha value is -2.07. The molecule has 0 amide bonds. The normalized spacial score (nSPS) is 21.2. The van der Waals surface area contributed by atoms with E-state index in [9.17, 15) is 8.42 Å². The Kier molecular flexibility index (Phi) is 3.10. The van der Waals surface area contributed by atoms with Gasteiger partial charge in [0.2, 0.25) is 9.84 Å². The van der Waals surface area contributed by atoms with Gasteiger partial charge in [0.1, 0.15) is 0 Å². The summed E-state index contributed by atoms with van der Waals surface area (Å²) in [5, 5.41) is 0. The zero-order chi connectivity index (χ0) is 14.2. The molecule has 0 aliphatic carbocycles. The van der Waals surface area contributed by atoms with Gasteiger partial charge in [0, 0.05) is 12.6 Å². The van der Waals surface area contributed by atoms with Crippen LogP contribution in [0.15, 0.2) is 82.9 Å². The molecule has 3 rings (SSSR count). The maximum atomic E-state index is 12.8. The second-order valence-electron chi connectivity index (χ2n) is 4.74. The quantitative estimate of drug-likeness (QED) is 0.801. The molecule has 1 aromatic rings. The van der Waals surface area contributed by atoms with E-state index >= 15 is 0 Å². The van der Waals surface area contributed by atoms with E-state index in [1.807, 2.05) is 35.4 Å². The fraction of sp³-hybridized carbons (Fsp3) is 0.125. The SMILES string of the molecule is C=C[C@H]1CC(S(=O)(=O)c2ccccc2)=C2C=CC=CN21. The first kappa shape index (κ1) is 12.9. The van der Waals surface area contributed by atoms with Crippen molar-refractivity contribution < 1.29 is 8.42 Å². The molecule has 0 radical (unpaired) electrons. The molecule has 0 aromatic heterocycles. The molecule has 2 aliphatic rings. The van der Waals surface area contributed by atoms with Crippen molar-refractivity contribution in [2.75, 3.05) is 0 Å². The molecule has 102 valence electrons. The lowest BCUT2D eigenvalue weighted by Crippen LogP contribution is -2.22. The average Bonchev–Trinajstić information content (AvgIpc) is 2.88. The Bertz CT molecular complexity index is 727. The fourth-order valence-corrected chi connectivity index (χ4v) is 4.20. The smallest absolute Gasteiger partial charge is 0.204 e. The van der Waals surface area contributed by atoms with Gasteiger partial charge < -0.3 is 4.90 Å². The van der Waals surface area contributed by atoms with Crippen LogP contribution < -0.4 is 0 Å². The van der Waals surface area contributed by atoms with Crippen molar-refractivity contribution in [1.82, 2.24) is 4.90 Å². The molecule has 0 bridgehead atoms. The predicted octanol–water partition coefficient (Wildman–Crippen LogP) is 3.02. The highest BCUT2D eigenvalue weighted by molar-refractivity contribution is 7.95. The molecule has 20 heavy (non-hydrogen) atoms. The van der Waals surface area contributed by atoms with E-state index in [1.165, 1.54) is 0 Å². The van der Waals surface area contributed by atoms with Crippen LogP contribution in [0, 0.1) is 0 Å². The van der Waals surface area contributed by atoms with Crippen LogP contribution in [0.25, 0.3) is 0 Å². The van der Waals surface area contributed by atoms with Crippen LogP contribution in [0.4, 0.5) is 0 Å². The Morgan fingerprint density at radius 1 is 1.20 bits per heavy atom. The molecule has 2 heterocycles. The van der Waals surface area contributed by atoms with Gasteiger partial charge >= 0.3 is 0 Å². The summed E-state index contributed by atoms with van der Waals surface area (Å²) in [4.78, 5) is 2.77. The van der Waals surface area contributed by atoms with Crippen molar-refractivity contribution in [2.24, 2.45) is 0 Å². The molecule has 0 N–H and O–H groups in total. The molecule has 0 saturated heterocycles. The molecule has 0 spiro atoms. The second-order valence-corrected chi connectivity index (χ2v) is 6.71. The van der Waals surface area contributed by atoms with Crippen LogP contribution in [0.3, 0.4) is 0 Å². The third-order valence-electron chi connectivity index (χ3n) is 3.58. The first-order valence-electron chi connectivity index (χ1n) is 6.43. The second kappa shape index (κ2) is 4.80. The standard InChI is InChI=1S/C16H15NO2S/c1-2-13-12-16(15-10-6-7-11-17(13)15)20(18,19)14-8-4-3-5-9-14/h2-11,13H,1,12H2/t13-/m0/s1. The van der Waals surface area contributed by atoms with E-state index < -0.39 is 9.84 Å². The molecule has 2 aliphatic heterocycles. The Balaban J connectivity index is 2.12. The number of hydrogen-bond donors (Lipinski definition) is 0. The van der Waals surface area contributed by atoms with Crippen molar-refractivity contribution in [1.29, 1.82) is 0 Å². The van der Waals surface area contributed by atoms with Gasteiger partial charge in [0.15, 0.2) is 0 Å². The van der Waals surface area contributed by atoms with Crippen molar-refractivity contribution in [3.8, 4) is 0 Å². The highest BCUT2D eigenvalue weighted by Gasteiger charge is 2.35. The number of nitrogens with zero attached hydrogens (tertiary/aromatic N) is 1. The Morgan fingerprint density at radius 3 is 2.65 bits per heavy atom. The third kappa shape index (κ3) is 1.93. The summed E-state index contributed by atoms with van der Waals surface area (Å²) >= 11 is 0. The maximum Gasteiger partial charge on any atom is 0.204 e. The number of allylic oxidation sites excluding steroid dienone is 3. The van der Waals surface area contributed by atoms with Gasteiger partial charge in [0.25, 0.3) is 0 Å². The lowest BCUT2D eigenvalue weighted by atomic mass is 10.2. The van der Waals surface area contributed by atoms with E-state index in [4.69, 9.17) is 0 Å². The first-order chi connectivity index (χ1) is 9.64. The first-order valence-corrected chi connectivity index (χ1v) is 7.92. The number of benzene rings is 1. The van der Waals surface area contributed by atoms with Crippen molar-refractivity contribution >= 4 is 9.84 Å². The van der Waals surface area contributed by atoms with Gasteiger partial charge in [-0.05, 0) is 24.3 Å². The highest BCUT2D eigenvalue weighted by atomic mass is 32.2. The van der Waals surface area contributed by atoms with Crippen LogP contribution in [0.2, 0.25) is 0 Å². The molecule has 1 aromatic carbocycles. The van der Waals surface area contributed by atoms with E-state index in [2.05, 4.69) is 6.58 Å². The third-order valence-corrected chi connectivity index (χ3v) is 5.49. The highest BCUT2D eigenvalue weighted by Crippen LogP contribution is 2.37. The van der Waals surface area contributed by atoms with E-state index in [0.29, 0.717) is 16.2 Å². The molecule has 0 unspecified atom stereocenters. The minimum absolute atomic E-state index is 0.000290. The van der Waals surface area contributed by atoms with Crippen LogP contribution in [-0.4, -0.2) is 19.4 Å². The van der Waals surface area contributed by atoms with Crippen molar-refractivity contribution in [3.63, 3.8) is 0 Å². The predicted molar refractivity (Wildman–Crippen MR) is 79.4 cm³/mol. The molecule has 0 saturated carbocycles. The minimum Gasteiger partial charge on any atom is -0.340 e. The van der Waals surface area contributed by atoms with Gasteiger partial charge in [-0.3, -0.25) is 0 Å². The largest absolute Gasteiger partial charge is 0.340 e. The van der Waals surface area contributed by atoms with Crippen LogP contribution in [-0.2, 0) is 9.84 Å². The van der Waals surface area contributed by atoms with E-state index in [0.717, 1.165) is 5.70 Å². The molecule has 3 nitrogen and oxygen atoms in total. The monoisotopic (exact) mass is 285 g/mol. The number of hydrogen-bond acceptors (Lipinski definition) is 3. The van der Waals surface area contributed by atoms with Gasteiger partial charge in [-0.15, -0.1) is 6.58 Å². The number of rotatable bonds is 3. The number of fused-ring (bicyclic) bond motifs is 1. The maximum absolute atomic E-state index is 12.8. The average molecular weight is 285 g/mol. The molecule has 0 fully saturated rings. The molecular formula is C16H15NO2S. The summed E-state index contributed by atoms with van der Waals surface area (Å²) in [6.07, 6.45) is 9.76. The Morgan fingerprint density at radius 2 is 1.95 bits per heavy atom. The summed E-state index contributed by atoms with van der Waals surface area (Å²) in [6.45, 7) is 3.80. The molecule has 4 heteroatoms. The summed E-state index contributed by atoms with van der Waals surface area (Å²) in [5.74, 6) is 0. The summed E-state index contributed by atoms with van der Waals surface area (Å²) in [7, 11) is -3.45. The van der Waals surface area contributed by atoms with Gasteiger partial charge in [-0.1, -0.05) is 30.4 Å². The Labute approximate surface area is 119 Å². The van der Waals surface area contributed by atoms with Crippen LogP contribution in [0.5, 0.6) is 0 Å². The van der Waals surface area contributed by atoms with Crippen LogP contribution >= 0.6 is 0 Å². The fourth-order valence-electron chi connectivity index (χ4n) is 2.56. The van der Waals surface area contributed by atoms with Crippen molar-refractivity contribution in [2.45, 2.75) is 17.4 Å². The lowest BCUT2D eigenvalue weighted by Gasteiger charge is -2.23. The van der Waals surface area contributed by atoms with E-state index in [1.54, 1.807) is 30.3 Å².